The third kappa shape index (κ3) is 2.81. The molecule has 4 nitrogen and oxygen atoms in total. The summed E-state index contributed by atoms with van der Waals surface area (Å²) in [4.78, 5) is 18.2. The fraction of sp³-hybridized carbons (Fsp3) is 0.571. The predicted molar refractivity (Wildman–Crippen MR) is 72.2 cm³/mol. The maximum Gasteiger partial charge on any atom is 0.257 e. The van der Waals surface area contributed by atoms with Gasteiger partial charge < -0.3 is 10.6 Å². The molecule has 18 heavy (non-hydrogen) atoms. The zero-order valence-electron chi connectivity index (χ0n) is 10.9. The van der Waals surface area contributed by atoms with Crippen molar-refractivity contribution in [2.45, 2.75) is 44.6 Å². The number of carbonyl (C=O) groups excluding carboxylic acids is 1. The Morgan fingerprint density at radius 1 is 1.33 bits per heavy atom. The van der Waals surface area contributed by atoms with Gasteiger partial charge in [0.25, 0.3) is 5.91 Å². The summed E-state index contributed by atoms with van der Waals surface area (Å²) in [5.74, 6) is -0.00694. The van der Waals surface area contributed by atoms with Crippen molar-refractivity contribution in [1.29, 1.82) is 0 Å². The van der Waals surface area contributed by atoms with Gasteiger partial charge in [-0.3, -0.25) is 9.78 Å². The van der Waals surface area contributed by atoms with E-state index in [1.165, 1.54) is 25.7 Å². The number of pyridine rings is 1. The lowest BCUT2D eigenvalue weighted by Crippen LogP contribution is -2.37. The fourth-order valence-corrected chi connectivity index (χ4v) is 2.58. The molecular formula is C14H21N3O. The molecule has 1 aromatic rings. The smallest absolute Gasteiger partial charge is 0.257 e. The molecule has 0 saturated heterocycles. The molecule has 4 heteroatoms. The number of aromatic nitrogens is 1. The molecule has 1 amide bonds. The minimum Gasteiger partial charge on any atom is -0.398 e. The van der Waals surface area contributed by atoms with Gasteiger partial charge >= 0.3 is 0 Å². The van der Waals surface area contributed by atoms with E-state index in [1.54, 1.807) is 18.5 Å². The summed E-state index contributed by atoms with van der Waals surface area (Å²) in [7, 11) is 1.88. The molecule has 0 aliphatic heterocycles. The molecule has 2 rings (SSSR count). The first-order valence-electron chi connectivity index (χ1n) is 6.67. The van der Waals surface area contributed by atoms with Crippen LogP contribution in [0.2, 0.25) is 0 Å². The lowest BCUT2D eigenvalue weighted by Gasteiger charge is -2.27. The van der Waals surface area contributed by atoms with Crippen LogP contribution < -0.4 is 5.73 Å². The van der Waals surface area contributed by atoms with Crippen LogP contribution in [0.5, 0.6) is 0 Å². The zero-order chi connectivity index (χ0) is 13.0. The molecule has 0 radical (unpaired) electrons. The van der Waals surface area contributed by atoms with E-state index in [2.05, 4.69) is 4.98 Å². The van der Waals surface area contributed by atoms with E-state index in [4.69, 9.17) is 5.73 Å². The van der Waals surface area contributed by atoms with Crippen LogP contribution in [0.1, 0.15) is 48.9 Å². The Morgan fingerprint density at radius 2 is 2.00 bits per heavy atom. The Bertz CT molecular complexity index is 411. The predicted octanol–water partition coefficient (Wildman–Crippen LogP) is 2.46. The third-order valence-corrected chi connectivity index (χ3v) is 3.78. The Hall–Kier alpha value is -1.58. The minimum absolute atomic E-state index is 0.00694. The number of nitrogens with two attached hydrogens (primary N) is 1. The van der Waals surface area contributed by atoms with Crippen molar-refractivity contribution in [1.82, 2.24) is 9.88 Å². The highest BCUT2D eigenvalue weighted by molar-refractivity contribution is 5.98. The third-order valence-electron chi connectivity index (χ3n) is 3.78. The molecule has 0 bridgehead atoms. The number of carbonyl (C=O) groups is 1. The van der Waals surface area contributed by atoms with Crippen LogP contribution in [-0.4, -0.2) is 28.9 Å². The monoisotopic (exact) mass is 247 g/mol. The first-order chi connectivity index (χ1) is 8.70. The van der Waals surface area contributed by atoms with Crippen molar-refractivity contribution in [3.63, 3.8) is 0 Å². The summed E-state index contributed by atoms with van der Waals surface area (Å²) in [6.07, 6.45) is 10.4. The summed E-state index contributed by atoms with van der Waals surface area (Å²) >= 11 is 0. The van der Waals surface area contributed by atoms with Crippen LogP contribution in [-0.2, 0) is 0 Å². The summed E-state index contributed by atoms with van der Waals surface area (Å²) in [5.41, 5.74) is 6.86. The Labute approximate surface area is 108 Å². The number of nitrogen functional groups attached to an aromatic ring is 1. The van der Waals surface area contributed by atoms with Gasteiger partial charge in [0.1, 0.15) is 0 Å². The van der Waals surface area contributed by atoms with Crippen molar-refractivity contribution in [2.75, 3.05) is 12.8 Å². The van der Waals surface area contributed by atoms with Crippen molar-refractivity contribution in [3.8, 4) is 0 Å². The summed E-state index contributed by atoms with van der Waals surface area (Å²) in [6.45, 7) is 0. The fourth-order valence-electron chi connectivity index (χ4n) is 2.58. The molecule has 1 aliphatic rings. The molecule has 0 spiro atoms. The quantitative estimate of drug-likeness (QED) is 0.817. The zero-order valence-corrected chi connectivity index (χ0v) is 10.9. The maximum absolute atomic E-state index is 12.4. The molecule has 1 saturated carbocycles. The van der Waals surface area contributed by atoms with E-state index in [0.717, 1.165) is 12.8 Å². The van der Waals surface area contributed by atoms with Crippen molar-refractivity contribution in [3.05, 3.63) is 24.0 Å². The largest absolute Gasteiger partial charge is 0.398 e. The molecular weight excluding hydrogens is 226 g/mol. The minimum atomic E-state index is -0.00694. The van der Waals surface area contributed by atoms with E-state index in [-0.39, 0.29) is 5.91 Å². The molecule has 0 aromatic carbocycles. The van der Waals surface area contributed by atoms with Gasteiger partial charge in [-0.1, -0.05) is 25.7 Å². The van der Waals surface area contributed by atoms with Gasteiger partial charge in [0.05, 0.1) is 5.56 Å². The standard InChI is InChI=1S/C14H21N3O/c1-17(11-6-4-2-3-5-7-11)14(18)12-10-16-9-8-13(12)15/h8-11H,2-7H2,1H3,(H2,15,16). The topological polar surface area (TPSA) is 59.2 Å². The van der Waals surface area contributed by atoms with Crippen molar-refractivity contribution >= 4 is 11.6 Å². The first-order valence-corrected chi connectivity index (χ1v) is 6.67. The van der Waals surface area contributed by atoms with Crippen molar-refractivity contribution < 1.29 is 4.79 Å². The SMILES string of the molecule is CN(C(=O)c1cnccc1N)C1CCCCCC1. The summed E-state index contributed by atoms with van der Waals surface area (Å²) in [5, 5.41) is 0. The summed E-state index contributed by atoms with van der Waals surface area (Å²) in [6, 6.07) is 2.02. The van der Waals surface area contributed by atoms with Crippen LogP contribution in [0, 0.1) is 0 Å². The lowest BCUT2D eigenvalue weighted by atomic mass is 10.1. The molecule has 0 atom stereocenters. The number of anilines is 1. The van der Waals surface area contributed by atoms with Crippen LogP contribution in [0.3, 0.4) is 0 Å². The first kappa shape index (κ1) is 12.9. The van der Waals surface area contributed by atoms with Crippen LogP contribution in [0.15, 0.2) is 18.5 Å². The number of hydrogen-bond donors (Lipinski definition) is 1. The number of nitrogens with zero attached hydrogens (tertiary/aromatic N) is 2. The second-order valence-electron chi connectivity index (χ2n) is 5.02. The maximum atomic E-state index is 12.4. The van der Waals surface area contributed by atoms with E-state index in [1.807, 2.05) is 11.9 Å². The van der Waals surface area contributed by atoms with Gasteiger partial charge in [-0.2, -0.15) is 0 Å². The molecule has 1 heterocycles. The van der Waals surface area contributed by atoms with Gasteiger partial charge in [-0.15, -0.1) is 0 Å². The Kier molecular flexibility index (Phi) is 4.18. The molecule has 1 aromatic heterocycles. The van der Waals surface area contributed by atoms with E-state index >= 15 is 0 Å². The van der Waals surface area contributed by atoms with Gasteiger partial charge in [0.2, 0.25) is 0 Å². The highest BCUT2D eigenvalue weighted by atomic mass is 16.2. The normalized spacial score (nSPS) is 17.2. The Balaban J connectivity index is 2.10. The van der Waals surface area contributed by atoms with E-state index in [0.29, 0.717) is 17.3 Å². The van der Waals surface area contributed by atoms with Gasteiger partial charge in [-0.05, 0) is 18.9 Å². The molecule has 0 unspecified atom stereocenters. The number of rotatable bonds is 2. The highest BCUT2D eigenvalue weighted by Crippen LogP contribution is 2.23. The average Bonchev–Trinajstić information content (AvgIpc) is 2.66. The molecule has 98 valence electrons. The molecule has 1 aliphatic carbocycles. The number of amides is 1. The second-order valence-corrected chi connectivity index (χ2v) is 5.02. The number of hydrogen-bond acceptors (Lipinski definition) is 3. The summed E-state index contributed by atoms with van der Waals surface area (Å²) < 4.78 is 0. The van der Waals surface area contributed by atoms with Gasteiger partial charge in [0.15, 0.2) is 0 Å². The van der Waals surface area contributed by atoms with Crippen molar-refractivity contribution in [2.24, 2.45) is 0 Å². The van der Waals surface area contributed by atoms with Crippen LogP contribution in [0.4, 0.5) is 5.69 Å². The lowest BCUT2D eigenvalue weighted by molar-refractivity contribution is 0.0718. The molecule has 1 fully saturated rings. The second kappa shape index (κ2) is 5.85. The Morgan fingerprint density at radius 3 is 2.61 bits per heavy atom. The van der Waals surface area contributed by atoms with E-state index in [9.17, 15) is 4.79 Å². The highest BCUT2D eigenvalue weighted by Gasteiger charge is 2.23. The van der Waals surface area contributed by atoms with Gasteiger partial charge in [0, 0.05) is 31.2 Å². The van der Waals surface area contributed by atoms with Gasteiger partial charge in [-0.25, -0.2) is 0 Å². The van der Waals surface area contributed by atoms with Crippen LogP contribution in [0.25, 0.3) is 0 Å². The van der Waals surface area contributed by atoms with Crippen LogP contribution >= 0.6 is 0 Å². The average molecular weight is 247 g/mol. The molecule has 2 N–H and O–H groups in total. The van der Waals surface area contributed by atoms with E-state index < -0.39 is 0 Å².